The number of anilines is 1. The number of nitrogens with zero attached hydrogens (tertiary/aromatic N) is 1. The van der Waals surface area contributed by atoms with Crippen molar-refractivity contribution in [2.45, 2.75) is 45.8 Å². The maximum absolute atomic E-state index is 11.5. The molecule has 5 nitrogen and oxygen atoms in total. The van der Waals surface area contributed by atoms with Crippen molar-refractivity contribution in [3.05, 3.63) is 29.8 Å². The van der Waals surface area contributed by atoms with Crippen LogP contribution in [-0.2, 0) is 4.79 Å². The van der Waals surface area contributed by atoms with Crippen LogP contribution in [0.25, 0.3) is 0 Å². The van der Waals surface area contributed by atoms with Crippen LogP contribution in [-0.4, -0.2) is 43.3 Å². The van der Waals surface area contributed by atoms with Crippen LogP contribution < -0.4 is 15.5 Å². The van der Waals surface area contributed by atoms with Crippen LogP contribution in [0.1, 0.15) is 45.2 Å². The SMILES string of the molecule is CC(C)C(=O)NCCNC(C)c1ccc(N2CCC(O)CC2)cc1. The number of carbonyl (C=O) groups excluding carboxylic acids is 1. The van der Waals surface area contributed by atoms with Crippen molar-refractivity contribution in [3.8, 4) is 0 Å². The first-order valence-electron chi connectivity index (χ1n) is 9.01. The zero-order chi connectivity index (χ0) is 17.5. The molecule has 3 N–H and O–H groups in total. The predicted octanol–water partition coefficient (Wildman–Crippen LogP) is 2.07. The van der Waals surface area contributed by atoms with Crippen LogP contribution in [0, 0.1) is 5.92 Å². The highest BCUT2D eigenvalue weighted by atomic mass is 16.3. The van der Waals surface area contributed by atoms with Gasteiger partial charge in [-0.05, 0) is 37.5 Å². The molecular weight excluding hydrogens is 302 g/mol. The van der Waals surface area contributed by atoms with E-state index in [0.29, 0.717) is 6.54 Å². The molecule has 1 unspecified atom stereocenters. The number of piperidine rings is 1. The number of hydrogen-bond donors (Lipinski definition) is 3. The van der Waals surface area contributed by atoms with Crippen LogP contribution in [0.15, 0.2) is 24.3 Å². The molecule has 1 aromatic rings. The fourth-order valence-corrected chi connectivity index (χ4v) is 2.89. The Kier molecular flexibility index (Phi) is 7.06. The zero-order valence-corrected chi connectivity index (χ0v) is 15.1. The smallest absolute Gasteiger partial charge is 0.222 e. The van der Waals surface area contributed by atoms with Gasteiger partial charge in [0.15, 0.2) is 0 Å². The molecule has 134 valence electrons. The van der Waals surface area contributed by atoms with Gasteiger partial charge >= 0.3 is 0 Å². The fraction of sp³-hybridized carbons (Fsp3) is 0.632. The molecule has 0 saturated carbocycles. The number of amides is 1. The van der Waals surface area contributed by atoms with E-state index in [4.69, 9.17) is 0 Å². The van der Waals surface area contributed by atoms with Crippen LogP contribution >= 0.6 is 0 Å². The number of benzene rings is 1. The third kappa shape index (κ3) is 5.49. The summed E-state index contributed by atoms with van der Waals surface area (Å²) >= 11 is 0. The molecule has 1 aliphatic heterocycles. The van der Waals surface area contributed by atoms with Gasteiger partial charge in [-0.3, -0.25) is 4.79 Å². The second-order valence-corrected chi connectivity index (χ2v) is 6.93. The average Bonchev–Trinajstić information content (AvgIpc) is 2.59. The summed E-state index contributed by atoms with van der Waals surface area (Å²) in [4.78, 5) is 13.8. The molecule has 1 aliphatic rings. The van der Waals surface area contributed by atoms with E-state index in [-0.39, 0.29) is 24.0 Å². The minimum absolute atomic E-state index is 0.0332. The number of rotatable bonds is 7. The summed E-state index contributed by atoms with van der Waals surface area (Å²) in [7, 11) is 0. The lowest BCUT2D eigenvalue weighted by atomic mass is 10.0. The molecule has 0 bridgehead atoms. The van der Waals surface area contributed by atoms with Gasteiger partial charge in [-0.2, -0.15) is 0 Å². The highest BCUT2D eigenvalue weighted by molar-refractivity contribution is 5.77. The van der Waals surface area contributed by atoms with E-state index in [1.54, 1.807) is 0 Å². The summed E-state index contributed by atoms with van der Waals surface area (Å²) in [6.45, 7) is 9.18. The summed E-state index contributed by atoms with van der Waals surface area (Å²) < 4.78 is 0. The summed E-state index contributed by atoms with van der Waals surface area (Å²) in [6, 6.07) is 8.88. The molecule has 1 aromatic carbocycles. The van der Waals surface area contributed by atoms with Gasteiger partial charge in [0.25, 0.3) is 0 Å². The van der Waals surface area contributed by atoms with Crippen molar-refractivity contribution >= 4 is 11.6 Å². The first kappa shape index (κ1) is 18.7. The Labute approximate surface area is 145 Å². The number of aliphatic hydroxyl groups is 1. The van der Waals surface area contributed by atoms with Gasteiger partial charge in [-0.15, -0.1) is 0 Å². The summed E-state index contributed by atoms with van der Waals surface area (Å²) in [6.07, 6.45) is 1.56. The van der Waals surface area contributed by atoms with E-state index in [9.17, 15) is 9.90 Å². The molecule has 5 heteroatoms. The van der Waals surface area contributed by atoms with E-state index in [1.807, 2.05) is 13.8 Å². The molecule has 0 radical (unpaired) electrons. The minimum atomic E-state index is -0.138. The standard InChI is InChI=1S/C19H31N3O2/c1-14(2)19(24)21-11-10-20-15(3)16-4-6-17(7-5-16)22-12-8-18(23)9-13-22/h4-7,14-15,18,20,23H,8-13H2,1-3H3,(H,21,24). The highest BCUT2D eigenvalue weighted by Crippen LogP contribution is 2.22. The van der Waals surface area contributed by atoms with Gasteiger partial charge in [-0.1, -0.05) is 26.0 Å². The van der Waals surface area contributed by atoms with E-state index in [2.05, 4.69) is 46.7 Å². The second-order valence-electron chi connectivity index (χ2n) is 6.93. The number of hydrogen-bond acceptors (Lipinski definition) is 4. The zero-order valence-electron chi connectivity index (χ0n) is 15.1. The van der Waals surface area contributed by atoms with Crippen molar-refractivity contribution in [3.63, 3.8) is 0 Å². The Bertz CT molecular complexity index is 508. The van der Waals surface area contributed by atoms with Crippen molar-refractivity contribution in [1.82, 2.24) is 10.6 Å². The van der Waals surface area contributed by atoms with Crippen LogP contribution in [0.4, 0.5) is 5.69 Å². The Balaban J connectivity index is 1.76. The normalized spacial score (nSPS) is 17.1. The van der Waals surface area contributed by atoms with E-state index >= 15 is 0 Å². The summed E-state index contributed by atoms with van der Waals surface area (Å²) in [5, 5.41) is 15.9. The van der Waals surface area contributed by atoms with Gasteiger partial charge in [0.05, 0.1) is 6.10 Å². The molecule has 1 atom stereocenters. The minimum Gasteiger partial charge on any atom is -0.393 e. The Hall–Kier alpha value is -1.59. The molecule has 0 aromatic heterocycles. The van der Waals surface area contributed by atoms with E-state index in [1.165, 1.54) is 11.3 Å². The average molecular weight is 333 g/mol. The van der Waals surface area contributed by atoms with E-state index < -0.39 is 0 Å². The summed E-state index contributed by atoms with van der Waals surface area (Å²) in [5.41, 5.74) is 2.47. The Morgan fingerprint density at radius 3 is 2.38 bits per heavy atom. The molecule has 0 aliphatic carbocycles. The topological polar surface area (TPSA) is 64.6 Å². The number of aliphatic hydroxyl groups excluding tert-OH is 1. The molecule has 1 saturated heterocycles. The molecule has 1 heterocycles. The van der Waals surface area contributed by atoms with Gasteiger partial charge in [-0.25, -0.2) is 0 Å². The van der Waals surface area contributed by atoms with Crippen molar-refractivity contribution in [1.29, 1.82) is 0 Å². The highest BCUT2D eigenvalue weighted by Gasteiger charge is 2.17. The summed E-state index contributed by atoms with van der Waals surface area (Å²) in [5.74, 6) is 0.131. The predicted molar refractivity (Wildman–Crippen MR) is 98.2 cm³/mol. The van der Waals surface area contributed by atoms with Crippen molar-refractivity contribution in [2.75, 3.05) is 31.1 Å². The molecule has 24 heavy (non-hydrogen) atoms. The van der Waals surface area contributed by atoms with Gasteiger partial charge in [0.1, 0.15) is 0 Å². The lowest BCUT2D eigenvalue weighted by Gasteiger charge is -2.31. The van der Waals surface area contributed by atoms with Crippen molar-refractivity contribution in [2.24, 2.45) is 5.92 Å². The maximum atomic E-state index is 11.5. The maximum Gasteiger partial charge on any atom is 0.222 e. The molecule has 1 fully saturated rings. The molecule has 2 rings (SSSR count). The quantitative estimate of drug-likeness (QED) is 0.669. The third-order valence-electron chi connectivity index (χ3n) is 4.62. The monoisotopic (exact) mass is 333 g/mol. The van der Waals surface area contributed by atoms with Crippen molar-refractivity contribution < 1.29 is 9.90 Å². The fourth-order valence-electron chi connectivity index (χ4n) is 2.89. The lowest BCUT2D eigenvalue weighted by molar-refractivity contribution is -0.123. The van der Waals surface area contributed by atoms with Crippen LogP contribution in [0.2, 0.25) is 0 Å². The first-order valence-corrected chi connectivity index (χ1v) is 9.01. The van der Waals surface area contributed by atoms with Gasteiger partial charge in [0.2, 0.25) is 5.91 Å². The molecule has 0 spiro atoms. The van der Waals surface area contributed by atoms with Gasteiger partial charge < -0.3 is 20.6 Å². The Morgan fingerprint density at radius 2 is 1.79 bits per heavy atom. The van der Waals surface area contributed by atoms with Gasteiger partial charge in [0, 0.05) is 43.8 Å². The number of carbonyl (C=O) groups is 1. The first-order chi connectivity index (χ1) is 11.5. The third-order valence-corrected chi connectivity index (χ3v) is 4.62. The van der Waals surface area contributed by atoms with Crippen LogP contribution in [0.5, 0.6) is 0 Å². The second kappa shape index (κ2) is 9.04. The van der Waals surface area contributed by atoms with E-state index in [0.717, 1.165) is 32.5 Å². The van der Waals surface area contributed by atoms with Crippen LogP contribution in [0.3, 0.4) is 0 Å². The molecule has 1 amide bonds. The largest absolute Gasteiger partial charge is 0.393 e. The molecular formula is C19H31N3O2. The lowest BCUT2D eigenvalue weighted by Crippen LogP contribution is -2.36. The number of nitrogens with one attached hydrogen (secondary N) is 2. The Morgan fingerprint density at radius 1 is 1.17 bits per heavy atom.